The van der Waals surface area contributed by atoms with Crippen molar-refractivity contribution in [2.24, 2.45) is 0 Å². The Morgan fingerprint density at radius 1 is 0.688 bits per heavy atom. The summed E-state index contributed by atoms with van der Waals surface area (Å²) in [6.45, 7) is 5.70. The van der Waals surface area contributed by atoms with Crippen LogP contribution < -0.4 is 20.1 Å². The number of aliphatic hydroxyl groups excluding tert-OH is 2. The van der Waals surface area contributed by atoms with Crippen molar-refractivity contribution in [3.63, 3.8) is 0 Å². The molecular weight excluding hydrogens is 671 g/mol. The number of aliphatic hydroxyl groups is 2. The minimum atomic E-state index is -0.863. The molecule has 0 fully saturated rings. The molecular formula is C32H44Cl2N4O10. The molecule has 0 saturated heterocycles. The van der Waals surface area contributed by atoms with E-state index in [0.717, 1.165) is 25.7 Å². The monoisotopic (exact) mass is 714 g/mol. The summed E-state index contributed by atoms with van der Waals surface area (Å²) < 4.78 is 19.7. The summed E-state index contributed by atoms with van der Waals surface area (Å²) in [5, 5.41) is 49.6. The number of benzene rings is 2. The fourth-order valence-electron chi connectivity index (χ4n) is 5.12. The molecule has 4 rings (SSSR count). The molecule has 0 aliphatic heterocycles. The highest BCUT2D eigenvalue weighted by molar-refractivity contribution is 5.91. The van der Waals surface area contributed by atoms with Crippen molar-refractivity contribution in [3.8, 4) is 23.3 Å². The van der Waals surface area contributed by atoms with E-state index in [4.69, 9.17) is 18.9 Å². The van der Waals surface area contributed by atoms with Crippen LogP contribution in [0.5, 0.6) is 23.3 Å². The van der Waals surface area contributed by atoms with Gasteiger partial charge in [-0.15, -0.1) is 24.8 Å². The maximum absolute atomic E-state index is 11.6. The smallest absolute Gasteiger partial charge is 0.506 e. The van der Waals surface area contributed by atoms with Crippen LogP contribution in [0.4, 0.5) is 9.59 Å². The van der Waals surface area contributed by atoms with E-state index in [0.29, 0.717) is 59.1 Å². The molecule has 14 nitrogen and oxygen atoms in total. The van der Waals surface area contributed by atoms with Gasteiger partial charge in [-0.1, -0.05) is 25.0 Å². The third kappa shape index (κ3) is 10.8. The van der Waals surface area contributed by atoms with Crippen molar-refractivity contribution in [1.29, 1.82) is 0 Å². The topological polar surface area (TPSA) is 208 Å². The molecule has 0 spiro atoms. The first kappa shape index (κ1) is 40.3. The average molecular weight is 716 g/mol. The third-order valence-electron chi connectivity index (χ3n) is 7.32. The molecule has 266 valence electrons. The number of fused-ring (bicyclic) bond motifs is 2. The highest BCUT2D eigenvalue weighted by Crippen LogP contribution is 2.35. The molecule has 8 N–H and O–H groups in total. The quantitative estimate of drug-likeness (QED) is 0.0505. The van der Waals surface area contributed by atoms with Gasteiger partial charge in [-0.05, 0) is 63.0 Å². The maximum Gasteiger partial charge on any atom is 0.515 e. The van der Waals surface area contributed by atoms with Gasteiger partial charge in [0.05, 0.1) is 36.5 Å². The molecule has 0 radical (unpaired) electrons. The van der Waals surface area contributed by atoms with Crippen LogP contribution >= 0.6 is 24.8 Å². The van der Waals surface area contributed by atoms with Crippen molar-refractivity contribution in [1.82, 2.24) is 20.6 Å². The van der Waals surface area contributed by atoms with Crippen molar-refractivity contribution < 1.29 is 49.0 Å². The van der Waals surface area contributed by atoms with Crippen molar-refractivity contribution in [2.75, 3.05) is 39.4 Å². The van der Waals surface area contributed by atoms with Gasteiger partial charge in [0.15, 0.2) is 0 Å². The van der Waals surface area contributed by atoms with E-state index in [1.165, 1.54) is 12.1 Å². The average Bonchev–Trinajstić information content (AvgIpc) is 3.63. The highest BCUT2D eigenvalue weighted by Gasteiger charge is 2.19. The molecule has 48 heavy (non-hydrogen) atoms. The molecule has 0 bridgehead atoms. The molecule has 2 atom stereocenters. The Bertz CT molecular complexity index is 1490. The molecule has 2 heterocycles. The van der Waals surface area contributed by atoms with Gasteiger partial charge in [-0.3, -0.25) is 0 Å². The van der Waals surface area contributed by atoms with E-state index in [2.05, 4.69) is 20.6 Å². The lowest BCUT2D eigenvalue weighted by Gasteiger charge is -2.14. The summed E-state index contributed by atoms with van der Waals surface area (Å²) in [5.74, 6) is 0.151. The van der Waals surface area contributed by atoms with Crippen LogP contribution in [0.1, 0.15) is 62.9 Å². The van der Waals surface area contributed by atoms with Crippen LogP contribution in [0, 0.1) is 0 Å². The molecule has 0 saturated carbocycles. The van der Waals surface area contributed by atoms with Crippen LogP contribution in [0.3, 0.4) is 0 Å². The van der Waals surface area contributed by atoms with E-state index >= 15 is 0 Å². The first-order valence-electron chi connectivity index (χ1n) is 15.4. The van der Waals surface area contributed by atoms with Gasteiger partial charge in [0.2, 0.25) is 11.8 Å². The van der Waals surface area contributed by atoms with Crippen molar-refractivity contribution in [2.45, 2.75) is 51.7 Å². The van der Waals surface area contributed by atoms with Gasteiger partial charge < -0.3 is 60.0 Å². The number of aromatic hydroxyl groups is 2. The number of hydrogen-bond donors (Lipinski definition) is 8. The summed E-state index contributed by atoms with van der Waals surface area (Å²) in [6.07, 6.45) is 0.372. The zero-order valence-corrected chi connectivity index (χ0v) is 28.4. The number of unbranched alkanes of at least 4 members (excludes halogenated alkanes) is 3. The van der Waals surface area contributed by atoms with Gasteiger partial charge in [-0.2, -0.15) is 0 Å². The van der Waals surface area contributed by atoms with Crippen molar-refractivity contribution in [3.05, 3.63) is 47.5 Å². The predicted molar refractivity (Wildman–Crippen MR) is 184 cm³/mol. The van der Waals surface area contributed by atoms with Gasteiger partial charge in [-0.25, -0.2) is 9.59 Å². The Morgan fingerprint density at radius 2 is 1.08 bits per heavy atom. The zero-order valence-electron chi connectivity index (χ0n) is 26.7. The predicted octanol–water partition coefficient (Wildman–Crippen LogP) is 5.48. The number of ether oxygens (including phenoxy) is 4. The highest BCUT2D eigenvalue weighted by atomic mass is 35.5. The molecule has 0 aliphatic rings. The fourth-order valence-corrected chi connectivity index (χ4v) is 5.12. The van der Waals surface area contributed by atoms with Crippen LogP contribution in [-0.2, 0) is 9.47 Å². The zero-order chi connectivity index (χ0) is 33.1. The Balaban J connectivity index is 0.00000400. The fraction of sp³-hybridized carbons (Fsp3) is 0.438. The second-order valence-corrected chi connectivity index (χ2v) is 10.6. The molecule has 4 aromatic rings. The Hall–Kier alpha value is -3.92. The van der Waals surface area contributed by atoms with Crippen LogP contribution in [0.15, 0.2) is 36.4 Å². The van der Waals surface area contributed by atoms with E-state index in [-0.39, 0.29) is 61.3 Å². The van der Waals surface area contributed by atoms with Gasteiger partial charge in [0.25, 0.3) is 0 Å². The third-order valence-corrected chi connectivity index (χ3v) is 7.32. The molecule has 0 amide bonds. The summed E-state index contributed by atoms with van der Waals surface area (Å²) >= 11 is 0. The SMILES string of the molecule is CCOC(=O)Oc1cc2c(C(O)CNCCCCCCNCC(O)c3ccc(O)c4[nH]c(OC(=O)OCC)cc34)ccc(O)c2[nH]1.Cl.Cl. The molecule has 2 aromatic heterocycles. The standard InChI is InChI=1S/C32H42N4O10.2ClH/c1-3-43-31(41)45-27-15-21-19(9-11-23(37)29(21)35-27)25(39)17-33-13-7-5-6-8-14-34-18-26(40)20-10-12-24(38)30-22(20)16-28(36-30)46-32(42)44-4-2;;/h9-12,15-16,25-26,33-40H,3-8,13-14,17-18H2,1-2H3;2*1H. The maximum atomic E-state index is 11.6. The Morgan fingerprint density at radius 3 is 1.46 bits per heavy atom. The molecule has 0 aliphatic carbocycles. The summed E-state index contributed by atoms with van der Waals surface area (Å²) in [4.78, 5) is 29.0. The second kappa shape index (κ2) is 19.8. The lowest BCUT2D eigenvalue weighted by atomic mass is 10.0. The first-order chi connectivity index (χ1) is 22.2. The lowest BCUT2D eigenvalue weighted by molar-refractivity contribution is 0.102. The number of nitrogens with one attached hydrogen (secondary N) is 4. The number of carbonyl (C=O) groups excluding carboxylic acids is 2. The first-order valence-corrected chi connectivity index (χ1v) is 15.4. The van der Waals surface area contributed by atoms with Crippen LogP contribution in [-0.4, -0.2) is 82.1 Å². The van der Waals surface area contributed by atoms with Crippen molar-refractivity contribution >= 4 is 58.9 Å². The summed E-state index contributed by atoms with van der Waals surface area (Å²) in [7, 11) is 0. The number of rotatable bonds is 17. The molecule has 2 aromatic carbocycles. The van der Waals surface area contributed by atoms with E-state index in [1.54, 1.807) is 38.1 Å². The van der Waals surface area contributed by atoms with Gasteiger partial charge in [0, 0.05) is 36.0 Å². The van der Waals surface area contributed by atoms with Gasteiger partial charge >= 0.3 is 12.3 Å². The number of phenolic OH excluding ortho intramolecular Hbond substituents is 2. The minimum Gasteiger partial charge on any atom is -0.506 e. The largest absolute Gasteiger partial charge is 0.515 e. The van der Waals surface area contributed by atoms with Crippen LogP contribution in [0.25, 0.3) is 21.8 Å². The van der Waals surface area contributed by atoms with E-state index in [1.807, 2.05) is 0 Å². The normalized spacial score (nSPS) is 12.2. The lowest BCUT2D eigenvalue weighted by Crippen LogP contribution is -2.23. The molecule has 16 heteroatoms. The second-order valence-electron chi connectivity index (χ2n) is 10.6. The minimum absolute atomic E-state index is 0. The number of halogens is 2. The number of aromatic amines is 2. The summed E-state index contributed by atoms with van der Waals surface area (Å²) in [6, 6.07) is 9.31. The van der Waals surface area contributed by atoms with Gasteiger partial charge in [0.1, 0.15) is 11.5 Å². The number of carbonyl (C=O) groups is 2. The van der Waals surface area contributed by atoms with E-state index in [9.17, 15) is 30.0 Å². The number of phenols is 2. The molecule has 2 unspecified atom stereocenters. The van der Waals surface area contributed by atoms with E-state index < -0.39 is 24.5 Å². The van der Waals surface area contributed by atoms with Crippen LogP contribution in [0.2, 0.25) is 0 Å². The number of hydrogen-bond acceptors (Lipinski definition) is 12. The Labute approximate surface area is 289 Å². The summed E-state index contributed by atoms with van der Waals surface area (Å²) in [5.41, 5.74) is 1.87. The number of aromatic nitrogens is 2. The Kier molecular flexibility index (Phi) is 16.6. The number of H-pyrrole nitrogens is 2.